The van der Waals surface area contributed by atoms with Crippen LogP contribution in [0.1, 0.15) is 17.0 Å². The van der Waals surface area contributed by atoms with Crippen molar-refractivity contribution < 1.29 is 14.3 Å². The monoisotopic (exact) mass is 493 g/mol. The van der Waals surface area contributed by atoms with Crippen molar-refractivity contribution in [3.8, 4) is 5.75 Å². The molecule has 1 saturated heterocycles. The SMILES string of the molecule is Cc1nc2cc(NC(=O)[C@@H]3C[C@@H](Sc4ccc(F)cc4)CN3Cc3ccccc3O)ccc2s1. The molecule has 5 rings (SSSR count). The van der Waals surface area contributed by atoms with E-state index in [1.807, 2.05) is 37.3 Å². The van der Waals surface area contributed by atoms with E-state index in [0.29, 0.717) is 19.5 Å². The van der Waals surface area contributed by atoms with Gasteiger partial charge in [-0.2, -0.15) is 0 Å². The van der Waals surface area contributed by atoms with Crippen molar-refractivity contribution in [3.05, 3.63) is 83.1 Å². The molecule has 2 heterocycles. The van der Waals surface area contributed by atoms with Crippen LogP contribution in [0.5, 0.6) is 5.75 Å². The van der Waals surface area contributed by atoms with Crippen LogP contribution >= 0.6 is 23.1 Å². The summed E-state index contributed by atoms with van der Waals surface area (Å²) in [6.07, 6.45) is 0.652. The first-order valence-electron chi connectivity index (χ1n) is 11.1. The van der Waals surface area contributed by atoms with Crippen molar-refractivity contribution in [1.29, 1.82) is 0 Å². The van der Waals surface area contributed by atoms with Crippen molar-refractivity contribution in [2.75, 3.05) is 11.9 Å². The molecule has 1 aliphatic heterocycles. The number of rotatable bonds is 6. The van der Waals surface area contributed by atoms with E-state index in [1.165, 1.54) is 12.1 Å². The quantitative estimate of drug-likeness (QED) is 0.354. The first-order chi connectivity index (χ1) is 16.4. The number of phenols is 1. The number of hydrogen-bond acceptors (Lipinski definition) is 6. The van der Waals surface area contributed by atoms with Gasteiger partial charge in [0.25, 0.3) is 0 Å². The third-order valence-electron chi connectivity index (χ3n) is 5.91. The summed E-state index contributed by atoms with van der Waals surface area (Å²) >= 11 is 3.28. The molecule has 0 spiro atoms. The molecule has 3 aromatic carbocycles. The molecular weight excluding hydrogens is 469 g/mol. The summed E-state index contributed by atoms with van der Waals surface area (Å²) < 4.78 is 14.4. The smallest absolute Gasteiger partial charge is 0.241 e. The van der Waals surface area contributed by atoms with Crippen LogP contribution in [0.2, 0.25) is 0 Å². The van der Waals surface area contributed by atoms with E-state index >= 15 is 0 Å². The Kier molecular flexibility index (Phi) is 6.54. The fraction of sp³-hybridized carbons (Fsp3) is 0.231. The van der Waals surface area contributed by atoms with Gasteiger partial charge in [0.2, 0.25) is 5.91 Å². The van der Waals surface area contributed by atoms with Crippen LogP contribution in [0.3, 0.4) is 0 Å². The van der Waals surface area contributed by atoms with Crippen molar-refractivity contribution >= 4 is 44.9 Å². The number of thioether (sulfide) groups is 1. The minimum Gasteiger partial charge on any atom is -0.508 e. The van der Waals surface area contributed by atoms with Gasteiger partial charge in [0.1, 0.15) is 11.6 Å². The average molecular weight is 494 g/mol. The second kappa shape index (κ2) is 9.74. The molecule has 174 valence electrons. The summed E-state index contributed by atoms with van der Waals surface area (Å²) in [5, 5.41) is 14.5. The zero-order valence-corrected chi connectivity index (χ0v) is 20.2. The zero-order chi connectivity index (χ0) is 23.7. The van der Waals surface area contributed by atoms with Crippen LogP contribution in [0.4, 0.5) is 10.1 Å². The van der Waals surface area contributed by atoms with Gasteiger partial charge >= 0.3 is 0 Å². The van der Waals surface area contributed by atoms with E-state index in [4.69, 9.17) is 0 Å². The maximum Gasteiger partial charge on any atom is 0.241 e. The number of carbonyl (C=O) groups excluding carboxylic acids is 1. The molecule has 0 radical (unpaired) electrons. The summed E-state index contributed by atoms with van der Waals surface area (Å²) in [6.45, 7) is 3.12. The fourth-order valence-corrected chi connectivity index (χ4v) is 6.34. The van der Waals surface area contributed by atoms with Crippen LogP contribution in [0.25, 0.3) is 10.2 Å². The summed E-state index contributed by atoms with van der Waals surface area (Å²) in [7, 11) is 0. The molecule has 0 saturated carbocycles. The number of nitrogens with one attached hydrogen (secondary N) is 1. The summed E-state index contributed by atoms with van der Waals surface area (Å²) in [6, 6.07) is 19.1. The van der Waals surface area contributed by atoms with Crippen LogP contribution in [-0.4, -0.2) is 38.7 Å². The minimum atomic E-state index is -0.356. The number of aromatic nitrogens is 1. The van der Waals surface area contributed by atoms with Gasteiger partial charge in [-0.3, -0.25) is 9.69 Å². The average Bonchev–Trinajstić information content (AvgIpc) is 3.38. The zero-order valence-electron chi connectivity index (χ0n) is 18.6. The van der Waals surface area contributed by atoms with E-state index in [1.54, 1.807) is 47.4 Å². The van der Waals surface area contributed by atoms with Crippen LogP contribution < -0.4 is 5.32 Å². The first kappa shape index (κ1) is 22.8. The number of likely N-dealkylation sites (tertiary alicyclic amines) is 1. The number of hydrogen-bond donors (Lipinski definition) is 2. The molecule has 4 aromatic rings. The molecule has 34 heavy (non-hydrogen) atoms. The Labute approximate surface area is 205 Å². The molecule has 0 bridgehead atoms. The number of nitrogens with zero attached hydrogens (tertiary/aromatic N) is 2. The Morgan fingerprint density at radius 2 is 2.00 bits per heavy atom. The van der Waals surface area contributed by atoms with E-state index < -0.39 is 0 Å². The fourth-order valence-electron chi connectivity index (χ4n) is 4.31. The number of carbonyl (C=O) groups is 1. The molecule has 8 heteroatoms. The van der Waals surface area contributed by atoms with E-state index in [9.17, 15) is 14.3 Å². The number of phenolic OH excluding ortho intramolecular Hbond substituents is 1. The first-order valence-corrected chi connectivity index (χ1v) is 12.8. The minimum absolute atomic E-state index is 0.0797. The van der Waals surface area contributed by atoms with Crippen molar-refractivity contribution in [1.82, 2.24) is 9.88 Å². The Morgan fingerprint density at radius 1 is 1.21 bits per heavy atom. The van der Waals surface area contributed by atoms with Gasteiger partial charge < -0.3 is 10.4 Å². The van der Waals surface area contributed by atoms with Crippen molar-refractivity contribution in [3.63, 3.8) is 0 Å². The lowest BCUT2D eigenvalue weighted by Gasteiger charge is -2.24. The maximum atomic E-state index is 13.4. The van der Waals surface area contributed by atoms with Gasteiger partial charge in [0, 0.05) is 34.5 Å². The van der Waals surface area contributed by atoms with Crippen molar-refractivity contribution in [2.24, 2.45) is 0 Å². The van der Waals surface area contributed by atoms with Gasteiger partial charge in [0.15, 0.2) is 0 Å². The number of thiazole rings is 1. The molecule has 1 aliphatic rings. The largest absolute Gasteiger partial charge is 0.508 e. The highest BCUT2D eigenvalue weighted by Crippen LogP contribution is 2.35. The second-order valence-electron chi connectivity index (χ2n) is 8.41. The highest BCUT2D eigenvalue weighted by Gasteiger charge is 2.37. The molecular formula is C26H24FN3O2S2. The summed E-state index contributed by atoms with van der Waals surface area (Å²) in [4.78, 5) is 21.0. The van der Waals surface area contributed by atoms with Gasteiger partial charge in [0.05, 0.1) is 21.3 Å². The molecule has 2 atom stereocenters. The lowest BCUT2D eigenvalue weighted by molar-refractivity contribution is -0.120. The number of benzene rings is 3. The number of anilines is 1. The van der Waals surface area contributed by atoms with Crippen LogP contribution in [0, 0.1) is 12.7 Å². The molecule has 1 fully saturated rings. The van der Waals surface area contributed by atoms with Gasteiger partial charge in [-0.1, -0.05) is 18.2 Å². The number of para-hydroxylation sites is 1. The highest BCUT2D eigenvalue weighted by atomic mass is 32.2. The standard InChI is InChI=1S/C26H24FN3O2S2/c1-16-28-22-12-19(8-11-25(22)33-16)29-26(32)23-13-21(34-20-9-6-18(27)7-10-20)15-30(23)14-17-4-2-3-5-24(17)31/h2-12,21,23,31H,13-15H2,1H3,(H,29,32)/t21-,23+/m1/s1. The Bertz CT molecular complexity index is 1330. The highest BCUT2D eigenvalue weighted by molar-refractivity contribution is 8.00. The second-order valence-corrected chi connectivity index (χ2v) is 11.0. The third kappa shape index (κ3) is 5.09. The van der Waals surface area contributed by atoms with Crippen LogP contribution in [0.15, 0.2) is 71.6 Å². The number of aryl methyl sites for hydroxylation is 1. The molecule has 1 aromatic heterocycles. The Balaban J connectivity index is 1.35. The number of halogens is 1. The Hall–Kier alpha value is -2.94. The van der Waals surface area contributed by atoms with Gasteiger partial charge in [-0.05, 0) is 61.9 Å². The molecule has 2 N–H and O–H groups in total. The van der Waals surface area contributed by atoms with Gasteiger partial charge in [-0.15, -0.1) is 23.1 Å². The lowest BCUT2D eigenvalue weighted by Crippen LogP contribution is -2.39. The van der Waals surface area contributed by atoms with Crippen LogP contribution in [-0.2, 0) is 11.3 Å². The number of amides is 1. The molecule has 5 nitrogen and oxygen atoms in total. The Morgan fingerprint density at radius 3 is 2.79 bits per heavy atom. The van der Waals surface area contributed by atoms with Gasteiger partial charge in [-0.25, -0.2) is 9.37 Å². The maximum absolute atomic E-state index is 13.4. The predicted octanol–water partition coefficient (Wildman–Crippen LogP) is 5.82. The lowest BCUT2D eigenvalue weighted by atomic mass is 10.1. The molecule has 0 unspecified atom stereocenters. The van der Waals surface area contributed by atoms with E-state index in [2.05, 4.69) is 15.2 Å². The van der Waals surface area contributed by atoms with E-state index in [0.717, 1.165) is 31.4 Å². The summed E-state index contributed by atoms with van der Waals surface area (Å²) in [5.74, 6) is -0.119. The number of fused-ring (bicyclic) bond motifs is 1. The van der Waals surface area contributed by atoms with Crippen molar-refractivity contribution in [2.45, 2.75) is 36.1 Å². The number of aromatic hydroxyl groups is 1. The normalized spacial score (nSPS) is 18.4. The third-order valence-corrected chi connectivity index (χ3v) is 8.08. The summed E-state index contributed by atoms with van der Waals surface area (Å²) in [5.41, 5.74) is 2.38. The predicted molar refractivity (Wildman–Crippen MR) is 136 cm³/mol. The molecule has 1 amide bonds. The molecule has 0 aliphatic carbocycles. The van der Waals surface area contributed by atoms with E-state index in [-0.39, 0.29) is 28.8 Å². The topological polar surface area (TPSA) is 65.5 Å².